The molecule has 0 rings (SSSR count). The van der Waals surface area contributed by atoms with Crippen LogP contribution in [-0.4, -0.2) is 0 Å². The molecule has 0 N–H and O–H groups in total. The Morgan fingerprint density at radius 2 is 0.720 bits per heavy atom. The molecule has 0 nitrogen and oxygen atoms in total. The molecule has 0 bridgehead atoms. The molecular weight excluding hydrogens is 300 g/mol. The molecule has 0 aliphatic rings. The summed E-state index contributed by atoms with van der Waals surface area (Å²) in [4.78, 5) is 0. The predicted octanol–water partition coefficient (Wildman–Crippen LogP) is 9.71. The van der Waals surface area contributed by atoms with Crippen LogP contribution in [0.2, 0.25) is 0 Å². The monoisotopic (exact) mass is 352 g/mol. The molecule has 2 atom stereocenters. The molecule has 152 valence electrons. The molecule has 0 aromatic carbocycles. The first-order valence-corrected chi connectivity index (χ1v) is 12.3. The quantitative estimate of drug-likeness (QED) is 0.191. The first kappa shape index (κ1) is 25.0. The lowest BCUT2D eigenvalue weighted by atomic mass is 9.83. The summed E-state index contributed by atoms with van der Waals surface area (Å²) in [5.41, 5.74) is 0. The third-order valence-electron chi connectivity index (χ3n) is 5.99. The molecular formula is C25H52. The summed E-state index contributed by atoms with van der Waals surface area (Å²) < 4.78 is 0. The molecule has 0 aliphatic carbocycles. The van der Waals surface area contributed by atoms with E-state index in [4.69, 9.17) is 0 Å². The molecule has 2 unspecified atom stereocenters. The van der Waals surface area contributed by atoms with Gasteiger partial charge in [-0.1, -0.05) is 143 Å². The van der Waals surface area contributed by atoms with Gasteiger partial charge in [0.25, 0.3) is 0 Å². The third kappa shape index (κ3) is 17.2. The number of unbranched alkanes of at least 4 members (excludes halogenated alkanes) is 10. The van der Waals surface area contributed by atoms with Crippen molar-refractivity contribution in [2.75, 3.05) is 0 Å². The van der Waals surface area contributed by atoms with Crippen LogP contribution >= 0.6 is 0 Å². The van der Waals surface area contributed by atoms with Crippen molar-refractivity contribution in [1.82, 2.24) is 0 Å². The van der Waals surface area contributed by atoms with Gasteiger partial charge in [0, 0.05) is 0 Å². The molecule has 0 heteroatoms. The van der Waals surface area contributed by atoms with Gasteiger partial charge < -0.3 is 0 Å². The largest absolute Gasteiger partial charge is 0.0654 e. The smallest absolute Gasteiger partial charge is 0.0412 e. The second-order valence-corrected chi connectivity index (χ2v) is 8.66. The lowest BCUT2D eigenvalue weighted by molar-refractivity contribution is 0.291. The van der Waals surface area contributed by atoms with Crippen molar-refractivity contribution in [1.29, 1.82) is 0 Å². The molecule has 25 heavy (non-hydrogen) atoms. The van der Waals surface area contributed by atoms with Crippen molar-refractivity contribution in [2.24, 2.45) is 11.8 Å². The van der Waals surface area contributed by atoms with Crippen LogP contribution in [0, 0.1) is 11.8 Å². The normalized spacial score (nSPS) is 13.9. The molecule has 0 amide bonds. The van der Waals surface area contributed by atoms with E-state index in [1.807, 2.05) is 0 Å². The molecule has 0 spiro atoms. The highest BCUT2D eigenvalue weighted by molar-refractivity contribution is 4.68. The van der Waals surface area contributed by atoms with E-state index in [9.17, 15) is 0 Å². The van der Waals surface area contributed by atoms with E-state index < -0.39 is 0 Å². The highest BCUT2D eigenvalue weighted by atomic mass is 14.2. The summed E-state index contributed by atoms with van der Waals surface area (Å²) in [5, 5.41) is 0. The lowest BCUT2D eigenvalue weighted by Crippen LogP contribution is -2.10. The fourth-order valence-corrected chi connectivity index (χ4v) is 4.47. The van der Waals surface area contributed by atoms with E-state index in [2.05, 4.69) is 27.7 Å². The fourth-order valence-electron chi connectivity index (χ4n) is 4.47. The first-order chi connectivity index (χ1) is 12.3. The second kappa shape index (κ2) is 20.3. The maximum atomic E-state index is 2.39. The van der Waals surface area contributed by atoms with Gasteiger partial charge in [0.05, 0.1) is 0 Å². The van der Waals surface area contributed by atoms with Crippen LogP contribution in [0.15, 0.2) is 0 Å². The number of rotatable bonds is 20. The van der Waals surface area contributed by atoms with Crippen LogP contribution in [0.5, 0.6) is 0 Å². The zero-order valence-corrected chi connectivity index (χ0v) is 18.6. The van der Waals surface area contributed by atoms with Gasteiger partial charge in [-0.15, -0.1) is 0 Å². The van der Waals surface area contributed by atoms with Crippen molar-refractivity contribution in [3.05, 3.63) is 0 Å². The molecule has 0 heterocycles. The lowest BCUT2D eigenvalue weighted by Gasteiger charge is -2.23. The minimum absolute atomic E-state index is 1.02. The Morgan fingerprint density at radius 1 is 0.360 bits per heavy atom. The summed E-state index contributed by atoms with van der Waals surface area (Å²) in [6, 6.07) is 0. The van der Waals surface area contributed by atoms with Gasteiger partial charge in [0.2, 0.25) is 0 Å². The van der Waals surface area contributed by atoms with Gasteiger partial charge in [0.1, 0.15) is 0 Å². The van der Waals surface area contributed by atoms with Crippen molar-refractivity contribution >= 4 is 0 Å². The number of hydrogen-bond donors (Lipinski definition) is 0. The fraction of sp³-hybridized carbons (Fsp3) is 1.00. The van der Waals surface area contributed by atoms with Gasteiger partial charge in [-0.25, -0.2) is 0 Å². The van der Waals surface area contributed by atoms with Gasteiger partial charge in [-0.05, 0) is 18.3 Å². The molecule has 0 aromatic heterocycles. The summed E-state index contributed by atoms with van der Waals surface area (Å²) in [5.74, 6) is 2.04. The zero-order chi connectivity index (χ0) is 18.6. The Kier molecular flexibility index (Phi) is 20.3. The SMILES string of the molecule is CCCCCCCCC(CCC)CC(CCC)CCCCCCCC. The van der Waals surface area contributed by atoms with E-state index in [0.29, 0.717) is 0 Å². The molecule has 0 saturated carbocycles. The summed E-state index contributed by atoms with van der Waals surface area (Å²) in [7, 11) is 0. The van der Waals surface area contributed by atoms with Gasteiger partial charge in [-0.3, -0.25) is 0 Å². The minimum Gasteiger partial charge on any atom is -0.0654 e. The average molecular weight is 353 g/mol. The standard InChI is InChI=1S/C25H52/c1-5-9-11-13-15-17-21-24(19-7-3)23-25(20-8-4)22-18-16-14-12-10-6-2/h24-25H,5-23H2,1-4H3. The maximum Gasteiger partial charge on any atom is -0.0412 e. The minimum atomic E-state index is 1.02. The van der Waals surface area contributed by atoms with Crippen LogP contribution in [0.3, 0.4) is 0 Å². The Morgan fingerprint density at radius 3 is 1.08 bits per heavy atom. The van der Waals surface area contributed by atoms with Crippen molar-refractivity contribution in [2.45, 2.75) is 150 Å². The topological polar surface area (TPSA) is 0 Å². The Hall–Kier alpha value is 0. The van der Waals surface area contributed by atoms with Gasteiger partial charge in [-0.2, -0.15) is 0 Å². The molecule has 0 fully saturated rings. The van der Waals surface area contributed by atoms with E-state index >= 15 is 0 Å². The van der Waals surface area contributed by atoms with E-state index in [-0.39, 0.29) is 0 Å². The Balaban J connectivity index is 3.99. The number of hydrogen-bond acceptors (Lipinski definition) is 0. The maximum absolute atomic E-state index is 2.39. The molecule has 0 saturated heterocycles. The van der Waals surface area contributed by atoms with Crippen LogP contribution in [0.25, 0.3) is 0 Å². The van der Waals surface area contributed by atoms with Crippen LogP contribution in [0.4, 0.5) is 0 Å². The highest BCUT2D eigenvalue weighted by Gasteiger charge is 2.15. The molecule has 0 radical (unpaired) electrons. The summed E-state index contributed by atoms with van der Waals surface area (Å²) >= 11 is 0. The van der Waals surface area contributed by atoms with Crippen molar-refractivity contribution in [3.63, 3.8) is 0 Å². The van der Waals surface area contributed by atoms with E-state index in [0.717, 1.165) is 11.8 Å². The predicted molar refractivity (Wildman–Crippen MR) is 117 cm³/mol. The zero-order valence-electron chi connectivity index (χ0n) is 18.6. The molecule has 0 aromatic rings. The Bertz CT molecular complexity index is 208. The molecule has 0 aliphatic heterocycles. The van der Waals surface area contributed by atoms with Crippen molar-refractivity contribution < 1.29 is 0 Å². The summed E-state index contributed by atoms with van der Waals surface area (Å²) in [6.07, 6.45) is 27.7. The Labute approximate surface area is 161 Å². The van der Waals surface area contributed by atoms with Crippen molar-refractivity contribution in [3.8, 4) is 0 Å². The highest BCUT2D eigenvalue weighted by Crippen LogP contribution is 2.29. The van der Waals surface area contributed by atoms with Crippen LogP contribution < -0.4 is 0 Å². The third-order valence-corrected chi connectivity index (χ3v) is 5.99. The van der Waals surface area contributed by atoms with Gasteiger partial charge >= 0.3 is 0 Å². The average Bonchev–Trinajstić information content (AvgIpc) is 2.61. The van der Waals surface area contributed by atoms with Gasteiger partial charge in [0.15, 0.2) is 0 Å². The van der Waals surface area contributed by atoms with Crippen LogP contribution in [-0.2, 0) is 0 Å². The van der Waals surface area contributed by atoms with E-state index in [1.165, 1.54) is 122 Å². The van der Waals surface area contributed by atoms with Crippen LogP contribution in [0.1, 0.15) is 150 Å². The first-order valence-electron chi connectivity index (χ1n) is 12.3. The second-order valence-electron chi connectivity index (χ2n) is 8.66. The summed E-state index contributed by atoms with van der Waals surface area (Å²) in [6.45, 7) is 9.40. The van der Waals surface area contributed by atoms with E-state index in [1.54, 1.807) is 0 Å².